The van der Waals surface area contributed by atoms with Crippen molar-refractivity contribution in [2.45, 2.75) is 31.0 Å². The monoisotopic (exact) mass is 465 g/mol. The van der Waals surface area contributed by atoms with Crippen LogP contribution in [-0.2, 0) is 5.67 Å². The van der Waals surface area contributed by atoms with Gasteiger partial charge in [0.2, 0.25) is 0 Å². The zero-order valence-electron chi connectivity index (χ0n) is 19.2. The molecular formula is C24H28FN7O2. The van der Waals surface area contributed by atoms with Gasteiger partial charge in [-0.1, -0.05) is 0 Å². The first-order valence-electron chi connectivity index (χ1n) is 11.8. The average Bonchev–Trinajstić information content (AvgIpc) is 3.49. The Morgan fingerprint density at radius 2 is 1.79 bits per heavy atom. The number of piperazine rings is 1. The lowest BCUT2D eigenvalue weighted by molar-refractivity contribution is 0.198. The number of rotatable bonds is 5. The molecule has 34 heavy (non-hydrogen) atoms. The van der Waals surface area contributed by atoms with Gasteiger partial charge in [0.05, 0.1) is 24.9 Å². The number of halogens is 1. The van der Waals surface area contributed by atoms with Gasteiger partial charge in [-0.2, -0.15) is 0 Å². The summed E-state index contributed by atoms with van der Waals surface area (Å²) in [5.41, 5.74) is -0.773. The number of fused-ring (bicyclic) bond motifs is 1. The minimum Gasteiger partial charge on any atom is -0.493 e. The molecule has 0 unspecified atom stereocenters. The van der Waals surface area contributed by atoms with Crippen LogP contribution in [0, 0.1) is 0 Å². The molecule has 10 heteroatoms. The molecule has 9 nitrogen and oxygen atoms in total. The number of hydrogen-bond acceptors (Lipinski definition) is 9. The predicted octanol–water partition coefficient (Wildman–Crippen LogP) is 2.28. The van der Waals surface area contributed by atoms with Gasteiger partial charge < -0.3 is 24.5 Å². The van der Waals surface area contributed by atoms with Crippen LogP contribution in [0.3, 0.4) is 0 Å². The highest BCUT2D eigenvalue weighted by molar-refractivity contribution is 5.91. The largest absolute Gasteiger partial charge is 0.493 e. The van der Waals surface area contributed by atoms with Gasteiger partial charge in [0.15, 0.2) is 23.1 Å². The van der Waals surface area contributed by atoms with Gasteiger partial charge in [0.1, 0.15) is 11.6 Å². The van der Waals surface area contributed by atoms with Gasteiger partial charge in [-0.25, -0.2) is 24.3 Å². The number of anilines is 3. The zero-order valence-corrected chi connectivity index (χ0v) is 19.2. The molecule has 2 saturated heterocycles. The smallest absolute Gasteiger partial charge is 0.171 e. The molecule has 0 bridgehead atoms. The molecular weight excluding hydrogens is 437 g/mol. The SMILES string of the molecule is COc1cccnc1N1CCN(c2nc(C3(F)CC3)nc3cnc(N4CC[C@H](O)C4)cc23)CC1. The number of pyridine rings is 2. The number of nitrogens with zero attached hydrogens (tertiary/aromatic N) is 7. The Hall–Kier alpha value is -3.27. The van der Waals surface area contributed by atoms with Gasteiger partial charge in [-0.3, -0.25) is 0 Å². The first-order chi connectivity index (χ1) is 16.5. The van der Waals surface area contributed by atoms with Crippen molar-refractivity contribution in [2.24, 2.45) is 0 Å². The number of β-amino-alcohol motifs (C(OH)–C–C–N with tert-alkyl or cyclic N) is 1. The number of aromatic nitrogens is 4. The summed E-state index contributed by atoms with van der Waals surface area (Å²) >= 11 is 0. The molecule has 0 aromatic carbocycles. The van der Waals surface area contributed by atoms with E-state index >= 15 is 4.39 Å². The highest BCUT2D eigenvalue weighted by Crippen LogP contribution is 2.49. The predicted molar refractivity (Wildman–Crippen MR) is 127 cm³/mol. The van der Waals surface area contributed by atoms with Crippen LogP contribution >= 0.6 is 0 Å². The topological polar surface area (TPSA) is 90.7 Å². The normalized spacial score (nSPS) is 21.9. The van der Waals surface area contributed by atoms with Gasteiger partial charge >= 0.3 is 0 Å². The molecule has 178 valence electrons. The molecule has 1 saturated carbocycles. The zero-order chi connectivity index (χ0) is 23.3. The van der Waals surface area contributed by atoms with E-state index in [0.29, 0.717) is 38.0 Å². The Labute approximate surface area is 197 Å². The van der Waals surface area contributed by atoms with E-state index in [4.69, 9.17) is 9.72 Å². The van der Waals surface area contributed by atoms with E-state index < -0.39 is 5.67 Å². The molecule has 3 fully saturated rings. The summed E-state index contributed by atoms with van der Waals surface area (Å²) in [6.07, 6.45) is 4.80. The number of aliphatic hydroxyl groups is 1. The van der Waals surface area contributed by atoms with Crippen LogP contribution in [0.15, 0.2) is 30.6 Å². The third kappa shape index (κ3) is 3.75. The van der Waals surface area contributed by atoms with Gasteiger partial charge in [0.25, 0.3) is 0 Å². The van der Waals surface area contributed by atoms with Crippen molar-refractivity contribution in [2.75, 3.05) is 61.1 Å². The average molecular weight is 466 g/mol. The van der Waals surface area contributed by atoms with Gasteiger partial charge in [-0.15, -0.1) is 0 Å². The van der Waals surface area contributed by atoms with Crippen LogP contribution in [0.5, 0.6) is 5.75 Å². The van der Waals surface area contributed by atoms with Crippen molar-refractivity contribution in [3.63, 3.8) is 0 Å². The summed E-state index contributed by atoms with van der Waals surface area (Å²) in [5, 5.41) is 10.8. The van der Waals surface area contributed by atoms with Crippen molar-refractivity contribution in [1.82, 2.24) is 19.9 Å². The van der Waals surface area contributed by atoms with E-state index in [1.54, 1.807) is 19.5 Å². The number of alkyl halides is 1. The minimum absolute atomic E-state index is 0.259. The Bertz CT molecular complexity index is 1210. The van der Waals surface area contributed by atoms with Crippen LogP contribution in [0.2, 0.25) is 0 Å². The van der Waals surface area contributed by atoms with Crippen molar-refractivity contribution in [1.29, 1.82) is 0 Å². The molecule has 2 aliphatic heterocycles. The Kier molecular flexibility index (Phi) is 5.13. The van der Waals surface area contributed by atoms with Crippen LogP contribution < -0.4 is 19.4 Å². The van der Waals surface area contributed by atoms with Gasteiger partial charge in [0, 0.05) is 50.9 Å². The number of methoxy groups -OCH3 is 1. The van der Waals surface area contributed by atoms with Crippen LogP contribution in [-0.4, -0.2) is 77.5 Å². The van der Waals surface area contributed by atoms with Crippen LogP contribution in [0.4, 0.5) is 21.8 Å². The Balaban J connectivity index is 1.33. The molecule has 0 amide bonds. The molecule has 3 aliphatic rings. The highest BCUT2D eigenvalue weighted by Gasteiger charge is 2.48. The first kappa shape index (κ1) is 21.3. The van der Waals surface area contributed by atoms with Crippen LogP contribution in [0.1, 0.15) is 25.1 Å². The lowest BCUT2D eigenvalue weighted by atomic mass is 10.2. The summed E-state index contributed by atoms with van der Waals surface area (Å²) in [4.78, 5) is 24.9. The molecule has 3 aromatic rings. The van der Waals surface area contributed by atoms with Gasteiger partial charge in [-0.05, 0) is 37.5 Å². The van der Waals surface area contributed by atoms with E-state index in [1.807, 2.05) is 18.2 Å². The second kappa shape index (κ2) is 8.19. The number of hydrogen-bond donors (Lipinski definition) is 1. The molecule has 0 radical (unpaired) electrons. The lowest BCUT2D eigenvalue weighted by Crippen LogP contribution is -2.47. The van der Waals surface area contributed by atoms with Crippen LogP contribution in [0.25, 0.3) is 10.9 Å². The fourth-order valence-corrected chi connectivity index (χ4v) is 4.81. The summed E-state index contributed by atoms with van der Waals surface area (Å²) in [6, 6.07) is 5.76. The molecule has 3 aromatic heterocycles. The summed E-state index contributed by atoms with van der Waals surface area (Å²) < 4.78 is 20.5. The maximum Gasteiger partial charge on any atom is 0.171 e. The van der Waals surface area contributed by atoms with E-state index in [-0.39, 0.29) is 11.9 Å². The molecule has 1 N–H and O–H groups in total. The maximum atomic E-state index is 15.0. The Morgan fingerprint density at radius 1 is 1.03 bits per heavy atom. The number of ether oxygens (including phenoxy) is 1. The summed E-state index contributed by atoms with van der Waals surface area (Å²) in [6.45, 7) is 4.23. The molecule has 5 heterocycles. The molecule has 0 spiro atoms. The van der Waals surface area contributed by atoms with E-state index in [1.165, 1.54) is 0 Å². The Morgan fingerprint density at radius 3 is 2.47 bits per heavy atom. The van der Waals surface area contributed by atoms with Crippen molar-refractivity contribution >= 4 is 28.4 Å². The third-order valence-electron chi connectivity index (χ3n) is 6.97. The summed E-state index contributed by atoms with van der Waals surface area (Å²) in [5.74, 6) is 3.38. The molecule has 1 aliphatic carbocycles. The standard InChI is InChI=1S/C24H28FN7O2/c1-34-19-3-2-7-26-22(19)31-11-9-30(10-12-31)21-17-13-20(32-8-4-16(33)15-32)27-14-18(17)28-23(29-21)24(25)5-6-24/h2-3,7,13-14,16,33H,4-6,8-12,15H2,1H3/t16-/m0/s1. The highest BCUT2D eigenvalue weighted by atomic mass is 19.1. The van der Waals surface area contributed by atoms with E-state index in [2.05, 4.69) is 29.7 Å². The number of aliphatic hydroxyl groups excluding tert-OH is 1. The first-order valence-corrected chi connectivity index (χ1v) is 11.8. The quantitative estimate of drug-likeness (QED) is 0.609. The van der Waals surface area contributed by atoms with Crippen molar-refractivity contribution in [3.05, 3.63) is 36.4 Å². The van der Waals surface area contributed by atoms with E-state index in [9.17, 15) is 5.11 Å². The van der Waals surface area contributed by atoms with E-state index in [0.717, 1.165) is 54.6 Å². The minimum atomic E-state index is -1.43. The lowest BCUT2D eigenvalue weighted by Gasteiger charge is -2.37. The fourth-order valence-electron chi connectivity index (χ4n) is 4.81. The van der Waals surface area contributed by atoms with Crippen molar-refractivity contribution in [3.8, 4) is 5.75 Å². The molecule has 6 rings (SSSR count). The summed E-state index contributed by atoms with van der Waals surface area (Å²) in [7, 11) is 1.65. The second-order valence-electron chi connectivity index (χ2n) is 9.29. The fraction of sp³-hybridized carbons (Fsp3) is 0.500. The molecule has 1 atom stereocenters. The second-order valence-corrected chi connectivity index (χ2v) is 9.29. The third-order valence-corrected chi connectivity index (χ3v) is 6.97. The van der Waals surface area contributed by atoms with Crippen molar-refractivity contribution < 1.29 is 14.2 Å². The maximum absolute atomic E-state index is 15.0.